The molecular weight excluding hydrogens is 443 g/mol. The number of rotatable bonds is 6. The molecule has 0 saturated carbocycles. The number of fused-ring (bicyclic) bond motifs is 1. The van der Waals surface area contributed by atoms with Crippen LogP contribution in [0.4, 0.5) is 24.5 Å². The quantitative estimate of drug-likeness (QED) is 0.692. The van der Waals surface area contributed by atoms with E-state index < -0.39 is 24.2 Å². The number of hydrogen-bond acceptors (Lipinski definition) is 4. The van der Waals surface area contributed by atoms with Crippen molar-refractivity contribution in [1.82, 2.24) is 4.90 Å². The van der Waals surface area contributed by atoms with Crippen molar-refractivity contribution in [1.29, 1.82) is 0 Å². The predicted octanol–water partition coefficient (Wildman–Crippen LogP) is 4.26. The molecule has 0 aromatic heterocycles. The topological polar surface area (TPSA) is 69.7 Å². The Morgan fingerprint density at radius 2 is 1.81 bits per heavy atom. The van der Waals surface area contributed by atoms with Gasteiger partial charge in [0.2, 0.25) is 11.8 Å². The van der Waals surface area contributed by atoms with Crippen molar-refractivity contribution in [2.24, 2.45) is 0 Å². The van der Waals surface area contributed by atoms with E-state index in [2.05, 4.69) is 5.32 Å². The summed E-state index contributed by atoms with van der Waals surface area (Å²) in [5, 5.41) is 2.25. The molecule has 6 nitrogen and oxygen atoms in total. The Morgan fingerprint density at radius 3 is 2.47 bits per heavy atom. The van der Waals surface area contributed by atoms with Crippen LogP contribution in [-0.4, -0.2) is 48.0 Å². The van der Waals surface area contributed by atoms with Gasteiger partial charge in [-0.25, -0.2) is 0 Å². The molecule has 10 heteroatoms. The summed E-state index contributed by atoms with van der Waals surface area (Å²) < 4.78 is 39.6. The molecule has 0 bridgehead atoms. The molecule has 1 aliphatic rings. The van der Waals surface area contributed by atoms with Crippen molar-refractivity contribution in [3.8, 4) is 0 Å². The Labute approximate surface area is 187 Å². The second-order valence-electron chi connectivity index (χ2n) is 7.02. The molecule has 0 unspecified atom stereocenters. The Kier molecular flexibility index (Phi) is 7.12. The zero-order chi connectivity index (χ0) is 23.5. The van der Waals surface area contributed by atoms with Gasteiger partial charge in [0, 0.05) is 23.5 Å². The van der Waals surface area contributed by atoms with E-state index in [-0.39, 0.29) is 23.3 Å². The normalized spacial score (nSPS) is 13.5. The Bertz CT molecular complexity index is 1040. The molecule has 1 N–H and O–H groups in total. The second-order valence-corrected chi connectivity index (χ2v) is 8.04. The number of hydrogen-bond donors (Lipinski definition) is 1. The summed E-state index contributed by atoms with van der Waals surface area (Å²) in [5.41, 5.74) is -0.588. The van der Waals surface area contributed by atoms with E-state index in [0.29, 0.717) is 29.2 Å². The first-order valence-corrected chi connectivity index (χ1v) is 11.0. The minimum atomic E-state index is -4.63. The van der Waals surface area contributed by atoms with Crippen LogP contribution in [0.3, 0.4) is 0 Å². The van der Waals surface area contributed by atoms with E-state index in [1.54, 1.807) is 23.1 Å². The fraction of sp³-hybridized carbons (Fsp3) is 0.318. The average Bonchev–Trinajstić information content (AvgIpc) is 2.75. The lowest BCUT2D eigenvalue weighted by Gasteiger charge is -2.29. The fourth-order valence-electron chi connectivity index (χ4n) is 3.37. The summed E-state index contributed by atoms with van der Waals surface area (Å²) in [7, 11) is 0. The number of nitrogens with zero attached hydrogens (tertiary/aromatic N) is 2. The van der Waals surface area contributed by atoms with Crippen molar-refractivity contribution >= 4 is 40.9 Å². The van der Waals surface area contributed by atoms with Gasteiger partial charge in [0.25, 0.3) is 5.91 Å². The van der Waals surface area contributed by atoms with Gasteiger partial charge in [0.05, 0.1) is 22.7 Å². The highest BCUT2D eigenvalue weighted by Crippen LogP contribution is 2.37. The summed E-state index contributed by atoms with van der Waals surface area (Å²) in [5.74, 6) is -1.25. The van der Waals surface area contributed by atoms with Crippen LogP contribution in [0.5, 0.6) is 0 Å². The van der Waals surface area contributed by atoms with Crippen molar-refractivity contribution in [3.63, 3.8) is 0 Å². The molecule has 0 fully saturated rings. The maximum absolute atomic E-state index is 13.2. The van der Waals surface area contributed by atoms with Gasteiger partial charge >= 0.3 is 6.18 Å². The lowest BCUT2D eigenvalue weighted by atomic mass is 10.1. The minimum absolute atomic E-state index is 0.0861. The van der Waals surface area contributed by atoms with Gasteiger partial charge in [-0.2, -0.15) is 13.2 Å². The third-order valence-electron chi connectivity index (χ3n) is 5.01. The molecule has 0 aliphatic carbocycles. The minimum Gasteiger partial charge on any atom is -0.339 e. The van der Waals surface area contributed by atoms with Crippen LogP contribution in [0.2, 0.25) is 0 Å². The Hall–Kier alpha value is -3.01. The van der Waals surface area contributed by atoms with Crippen LogP contribution in [0.1, 0.15) is 29.8 Å². The summed E-state index contributed by atoms with van der Waals surface area (Å²) in [6.07, 6.45) is -4.63. The lowest BCUT2D eigenvalue weighted by molar-refractivity contribution is -0.137. The summed E-state index contributed by atoms with van der Waals surface area (Å²) in [6, 6.07) is 9.58. The second kappa shape index (κ2) is 9.64. The third-order valence-corrected chi connectivity index (χ3v) is 6.06. The van der Waals surface area contributed by atoms with Crippen molar-refractivity contribution in [2.45, 2.75) is 24.9 Å². The van der Waals surface area contributed by atoms with Crippen molar-refractivity contribution in [2.75, 3.05) is 35.6 Å². The average molecular weight is 465 g/mol. The molecule has 32 heavy (non-hydrogen) atoms. The first kappa shape index (κ1) is 23.6. The maximum atomic E-state index is 13.2. The van der Waals surface area contributed by atoms with Crippen LogP contribution in [0.15, 0.2) is 47.4 Å². The monoisotopic (exact) mass is 465 g/mol. The molecular formula is C22H22F3N3O3S. The Morgan fingerprint density at radius 1 is 1.12 bits per heavy atom. The van der Waals surface area contributed by atoms with Gasteiger partial charge < -0.3 is 15.1 Å². The molecule has 2 aromatic rings. The zero-order valence-electron chi connectivity index (χ0n) is 17.5. The predicted molar refractivity (Wildman–Crippen MR) is 117 cm³/mol. The molecule has 1 heterocycles. The lowest BCUT2D eigenvalue weighted by Crippen LogP contribution is -2.41. The highest BCUT2D eigenvalue weighted by molar-refractivity contribution is 8.00. The molecule has 170 valence electrons. The van der Waals surface area contributed by atoms with Crippen LogP contribution in [0.25, 0.3) is 0 Å². The number of amides is 3. The van der Waals surface area contributed by atoms with Gasteiger partial charge in [-0.15, -0.1) is 11.8 Å². The highest BCUT2D eigenvalue weighted by atomic mass is 32.2. The van der Waals surface area contributed by atoms with Crippen LogP contribution in [0, 0.1) is 0 Å². The van der Waals surface area contributed by atoms with E-state index >= 15 is 0 Å². The first-order chi connectivity index (χ1) is 15.2. The number of carbonyl (C=O) groups excluding carboxylic acids is 3. The number of nitrogens with one attached hydrogen (secondary N) is 1. The van der Waals surface area contributed by atoms with E-state index in [4.69, 9.17) is 0 Å². The molecule has 0 saturated heterocycles. The van der Waals surface area contributed by atoms with Gasteiger partial charge in [0.15, 0.2) is 0 Å². The summed E-state index contributed by atoms with van der Waals surface area (Å²) in [4.78, 5) is 41.4. The maximum Gasteiger partial charge on any atom is 0.418 e. The summed E-state index contributed by atoms with van der Waals surface area (Å²) >= 11 is 1.28. The highest BCUT2D eigenvalue weighted by Gasteiger charge is 2.34. The third kappa shape index (κ3) is 5.07. The number of alkyl halides is 3. The molecule has 0 spiro atoms. The van der Waals surface area contributed by atoms with Crippen LogP contribution in [-0.2, 0) is 15.8 Å². The number of carbonyl (C=O) groups is 3. The van der Waals surface area contributed by atoms with Crippen molar-refractivity contribution in [3.05, 3.63) is 53.6 Å². The van der Waals surface area contributed by atoms with Crippen molar-refractivity contribution < 1.29 is 27.6 Å². The molecule has 0 atom stereocenters. The molecule has 3 rings (SSSR count). The van der Waals surface area contributed by atoms with E-state index in [1.807, 2.05) is 13.8 Å². The van der Waals surface area contributed by atoms with Gasteiger partial charge in [-0.1, -0.05) is 12.1 Å². The number of thioether (sulfide) groups is 1. The first-order valence-electron chi connectivity index (χ1n) is 9.98. The van der Waals surface area contributed by atoms with E-state index in [1.165, 1.54) is 28.8 Å². The fourth-order valence-corrected chi connectivity index (χ4v) is 4.29. The molecule has 2 aromatic carbocycles. The molecule has 1 aliphatic heterocycles. The SMILES string of the molecule is CCN(CC)C(=O)c1ccc2c(c1)N(CC(=O)Nc1ccccc1C(F)(F)F)C(=O)CS2. The standard InChI is InChI=1S/C22H22F3N3O3S/c1-3-27(4-2)21(31)14-9-10-18-17(11-14)28(20(30)13-32-18)12-19(29)26-16-8-6-5-7-15(16)22(23,24)25/h5-11H,3-4,12-13H2,1-2H3,(H,26,29). The number of anilines is 2. The molecule has 3 amide bonds. The number of benzene rings is 2. The smallest absolute Gasteiger partial charge is 0.339 e. The zero-order valence-corrected chi connectivity index (χ0v) is 18.3. The van der Waals surface area contributed by atoms with Gasteiger partial charge in [0.1, 0.15) is 6.54 Å². The van der Waals surface area contributed by atoms with E-state index in [9.17, 15) is 27.6 Å². The summed E-state index contributed by atoms with van der Waals surface area (Å²) in [6.45, 7) is 4.28. The van der Waals surface area contributed by atoms with Crippen LogP contribution >= 0.6 is 11.8 Å². The number of para-hydroxylation sites is 1. The largest absolute Gasteiger partial charge is 0.418 e. The van der Waals surface area contributed by atoms with Gasteiger partial charge in [-0.3, -0.25) is 14.4 Å². The van der Waals surface area contributed by atoms with Gasteiger partial charge in [-0.05, 0) is 44.2 Å². The van der Waals surface area contributed by atoms with E-state index in [0.717, 1.165) is 12.1 Å². The molecule has 0 radical (unpaired) electrons. The number of halogens is 3. The Balaban J connectivity index is 1.86. The van der Waals surface area contributed by atoms with Crippen LogP contribution < -0.4 is 10.2 Å².